The van der Waals surface area contributed by atoms with E-state index in [4.69, 9.17) is 5.73 Å². The average Bonchev–Trinajstić information content (AvgIpc) is 2.61. The second kappa shape index (κ2) is 3.88. The molecule has 0 unspecified atom stereocenters. The fraction of sp³-hybridized carbons (Fsp3) is 0.100. The number of halogens is 3. The number of alkyl halides is 2. The maximum atomic E-state index is 12.7. The number of aromatic nitrogens is 2. The van der Waals surface area contributed by atoms with Crippen LogP contribution in [0, 0.1) is 5.82 Å². The van der Waals surface area contributed by atoms with Crippen LogP contribution in [0.3, 0.4) is 0 Å². The van der Waals surface area contributed by atoms with Crippen LogP contribution in [0.25, 0.3) is 5.69 Å². The first-order valence-corrected chi connectivity index (χ1v) is 4.47. The number of nitrogens with two attached hydrogens (primary N) is 1. The van der Waals surface area contributed by atoms with Crippen LogP contribution in [0.2, 0.25) is 0 Å². The molecule has 0 atom stereocenters. The van der Waals surface area contributed by atoms with Crippen LogP contribution < -0.4 is 5.73 Å². The molecule has 16 heavy (non-hydrogen) atoms. The number of nitrogens with zero attached hydrogens (tertiary/aromatic N) is 2. The largest absolute Gasteiger partial charge is 0.396 e. The number of benzene rings is 1. The van der Waals surface area contributed by atoms with Crippen molar-refractivity contribution in [2.45, 2.75) is 6.43 Å². The van der Waals surface area contributed by atoms with Gasteiger partial charge >= 0.3 is 0 Å². The number of rotatable bonds is 2. The highest BCUT2D eigenvalue weighted by molar-refractivity contribution is 5.46. The first kappa shape index (κ1) is 10.5. The van der Waals surface area contributed by atoms with Gasteiger partial charge in [-0.25, -0.2) is 17.9 Å². The summed E-state index contributed by atoms with van der Waals surface area (Å²) in [7, 11) is 0. The molecule has 0 aliphatic rings. The Kier molecular flexibility index (Phi) is 2.55. The van der Waals surface area contributed by atoms with Crippen molar-refractivity contribution in [3.8, 4) is 5.69 Å². The molecule has 0 bridgehead atoms. The molecule has 0 amide bonds. The van der Waals surface area contributed by atoms with Gasteiger partial charge in [0.05, 0.1) is 17.6 Å². The Labute approximate surface area is 89.3 Å². The predicted octanol–water partition coefficient (Wildman–Crippen LogP) is 2.53. The number of anilines is 1. The van der Waals surface area contributed by atoms with E-state index in [9.17, 15) is 13.2 Å². The maximum Gasteiger partial charge on any atom is 0.282 e. The predicted molar refractivity (Wildman–Crippen MR) is 52.9 cm³/mol. The van der Waals surface area contributed by atoms with E-state index in [-0.39, 0.29) is 11.4 Å². The van der Waals surface area contributed by atoms with Gasteiger partial charge < -0.3 is 5.73 Å². The molecule has 3 nitrogen and oxygen atoms in total. The second-order valence-electron chi connectivity index (χ2n) is 3.17. The van der Waals surface area contributed by atoms with Gasteiger partial charge in [-0.1, -0.05) is 0 Å². The average molecular weight is 227 g/mol. The van der Waals surface area contributed by atoms with E-state index in [1.165, 1.54) is 24.3 Å². The topological polar surface area (TPSA) is 43.8 Å². The van der Waals surface area contributed by atoms with Crippen molar-refractivity contribution in [2.24, 2.45) is 0 Å². The highest BCUT2D eigenvalue weighted by Gasteiger charge is 2.19. The summed E-state index contributed by atoms with van der Waals surface area (Å²) in [5, 5.41) is 3.73. The van der Waals surface area contributed by atoms with Crippen LogP contribution in [0.5, 0.6) is 0 Å². The van der Waals surface area contributed by atoms with Gasteiger partial charge in [-0.3, -0.25) is 0 Å². The summed E-state index contributed by atoms with van der Waals surface area (Å²) in [5.41, 5.74) is 5.25. The van der Waals surface area contributed by atoms with E-state index in [0.717, 1.165) is 10.9 Å². The molecule has 0 aliphatic heterocycles. The smallest absolute Gasteiger partial charge is 0.282 e. The first-order chi connectivity index (χ1) is 7.59. The third kappa shape index (κ3) is 1.73. The van der Waals surface area contributed by atoms with Gasteiger partial charge in [0.25, 0.3) is 6.43 Å². The van der Waals surface area contributed by atoms with Crippen molar-refractivity contribution >= 4 is 5.69 Å². The van der Waals surface area contributed by atoms with E-state index < -0.39 is 12.2 Å². The lowest BCUT2D eigenvalue weighted by Crippen LogP contribution is -2.04. The van der Waals surface area contributed by atoms with Crippen molar-refractivity contribution < 1.29 is 13.2 Å². The Hall–Kier alpha value is -1.98. The molecule has 0 spiro atoms. The molecule has 0 saturated heterocycles. The molecule has 84 valence electrons. The van der Waals surface area contributed by atoms with Crippen LogP contribution in [-0.2, 0) is 0 Å². The summed E-state index contributed by atoms with van der Waals surface area (Å²) in [6.45, 7) is 0. The minimum Gasteiger partial charge on any atom is -0.396 e. The quantitative estimate of drug-likeness (QED) is 0.856. The highest BCUT2D eigenvalue weighted by atomic mass is 19.3. The lowest BCUT2D eigenvalue weighted by atomic mass is 10.3. The molecule has 1 heterocycles. The van der Waals surface area contributed by atoms with Crippen LogP contribution >= 0.6 is 0 Å². The number of hydrogen-bond donors (Lipinski definition) is 1. The summed E-state index contributed by atoms with van der Waals surface area (Å²) in [6.07, 6.45) is -1.59. The Balaban J connectivity index is 2.52. The minimum atomic E-state index is -2.73. The SMILES string of the molecule is Nc1cnn(-c2ccc(F)cc2)c1C(F)F. The van der Waals surface area contributed by atoms with Gasteiger partial charge in [0.2, 0.25) is 0 Å². The second-order valence-corrected chi connectivity index (χ2v) is 3.17. The molecule has 6 heteroatoms. The van der Waals surface area contributed by atoms with Crippen LogP contribution in [0.1, 0.15) is 12.1 Å². The van der Waals surface area contributed by atoms with E-state index in [1.807, 2.05) is 0 Å². The lowest BCUT2D eigenvalue weighted by Gasteiger charge is -2.07. The Morgan fingerprint density at radius 2 is 1.81 bits per heavy atom. The molecule has 2 aromatic rings. The Morgan fingerprint density at radius 3 is 2.38 bits per heavy atom. The molecule has 2 N–H and O–H groups in total. The molecule has 0 fully saturated rings. The Morgan fingerprint density at radius 1 is 1.19 bits per heavy atom. The Bertz CT molecular complexity index is 491. The fourth-order valence-corrected chi connectivity index (χ4v) is 1.38. The van der Waals surface area contributed by atoms with Crippen molar-refractivity contribution in [3.63, 3.8) is 0 Å². The monoisotopic (exact) mass is 227 g/mol. The van der Waals surface area contributed by atoms with Crippen molar-refractivity contribution in [1.82, 2.24) is 9.78 Å². The van der Waals surface area contributed by atoms with Gasteiger partial charge in [0.1, 0.15) is 11.5 Å². The van der Waals surface area contributed by atoms with Gasteiger partial charge in [-0.2, -0.15) is 5.10 Å². The van der Waals surface area contributed by atoms with Gasteiger partial charge in [-0.05, 0) is 24.3 Å². The van der Waals surface area contributed by atoms with Crippen LogP contribution in [0.4, 0.5) is 18.9 Å². The van der Waals surface area contributed by atoms with E-state index in [1.54, 1.807) is 0 Å². The van der Waals surface area contributed by atoms with Gasteiger partial charge in [0.15, 0.2) is 0 Å². The van der Waals surface area contributed by atoms with Crippen LogP contribution in [-0.4, -0.2) is 9.78 Å². The fourth-order valence-electron chi connectivity index (χ4n) is 1.38. The number of hydrogen-bond acceptors (Lipinski definition) is 2. The van der Waals surface area contributed by atoms with Gasteiger partial charge in [-0.15, -0.1) is 0 Å². The molecule has 1 aromatic heterocycles. The summed E-state index contributed by atoms with van der Waals surface area (Å²) < 4.78 is 39.0. The third-order valence-electron chi connectivity index (χ3n) is 2.11. The standard InChI is InChI=1S/C10H8F3N3/c11-6-1-3-7(4-2-6)16-9(10(12)13)8(14)5-15-16/h1-5,10H,14H2. The molecule has 1 aromatic carbocycles. The van der Waals surface area contributed by atoms with E-state index >= 15 is 0 Å². The van der Waals surface area contributed by atoms with Crippen molar-refractivity contribution in [3.05, 3.63) is 42.0 Å². The highest BCUT2D eigenvalue weighted by Crippen LogP contribution is 2.27. The molecule has 0 radical (unpaired) electrons. The zero-order chi connectivity index (χ0) is 11.7. The maximum absolute atomic E-state index is 12.7. The van der Waals surface area contributed by atoms with E-state index in [0.29, 0.717) is 5.69 Å². The van der Waals surface area contributed by atoms with Crippen molar-refractivity contribution in [2.75, 3.05) is 5.73 Å². The number of nitrogen functional groups attached to an aromatic ring is 1. The zero-order valence-corrected chi connectivity index (χ0v) is 8.07. The summed E-state index contributed by atoms with van der Waals surface area (Å²) in [4.78, 5) is 0. The first-order valence-electron chi connectivity index (χ1n) is 4.47. The zero-order valence-electron chi connectivity index (χ0n) is 8.07. The molecular formula is C10H8F3N3. The molecular weight excluding hydrogens is 219 g/mol. The summed E-state index contributed by atoms with van der Waals surface area (Å²) >= 11 is 0. The van der Waals surface area contributed by atoms with Gasteiger partial charge in [0, 0.05) is 0 Å². The summed E-state index contributed by atoms with van der Waals surface area (Å²) in [6, 6.07) is 5.05. The minimum absolute atomic E-state index is 0.0840. The molecule has 2 rings (SSSR count). The molecule has 0 aliphatic carbocycles. The normalized spacial score (nSPS) is 11.0. The van der Waals surface area contributed by atoms with Crippen LogP contribution in [0.15, 0.2) is 30.5 Å². The van der Waals surface area contributed by atoms with Crippen molar-refractivity contribution in [1.29, 1.82) is 0 Å². The lowest BCUT2D eigenvalue weighted by molar-refractivity contribution is 0.143. The van der Waals surface area contributed by atoms with E-state index in [2.05, 4.69) is 5.10 Å². The summed E-state index contributed by atoms with van der Waals surface area (Å²) in [5.74, 6) is -0.442. The third-order valence-corrected chi connectivity index (χ3v) is 2.11. The molecule has 0 saturated carbocycles.